The van der Waals surface area contributed by atoms with Crippen molar-refractivity contribution in [1.82, 2.24) is 20.0 Å². The average molecular weight is 264 g/mol. The molecular weight excluding hydrogens is 248 g/mol. The summed E-state index contributed by atoms with van der Waals surface area (Å²) in [7, 11) is 0. The fraction of sp³-hybridized carbons (Fsp3) is 0.417. The predicted molar refractivity (Wildman–Crippen MR) is 67.0 cm³/mol. The molecule has 0 radical (unpaired) electrons. The molecule has 0 aromatic carbocycles. The molecule has 7 heteroatoms. The molecule has 2 N–H and O–H groups in total. The maximum absolute atomic E-state index is 8.93. The lowest BCUT2D eigenvalue weighted by Gasteiger charge is -2.17. The Morgan fingerprint density at radius 1 is 1.21 bits per heavy atom. The molecule has 0 atom stereocenters. The van der Waals surface area contributed by atoms with E-state index in [1.54, 1.807) is 18.5 Å². The quantitative estimate of drug-likeness (QED) is 0.722. The van der Waals surface area contributed by atoms with Crippen LogP contribution in [0.4, 0.5) is 0 Å². The Morgan fingerprint density at radius 3 is 2.63 bits per heavy atom. The van der Waals surface area contributed by atoms with Crippen LogP contribution in [-0.4, -0.2) is 56.5 Å². The zero-order valence-electron chi connectivity index (χ0n) is 10.4. The van der Waals surface area contributed by atoms with Crippen molar-refractivity contribution in [3.63, 3.8) is 0 Å². The van der Waals surface area contributed by atoms with Gasteiger partial charge in [0.2, 0.25) is 11.7 Å². The minimum absolute atomic E-state index is 0.0175. The first-order chi connectivity index (χ1) is 9.33. The molecule has 2 aromatic rings. The Hall–Kier alpha value is -1.83. The summed E-state index contributed by atoms with van der Waals surface area (Å²) < 4.78 is 5.15. The number of aliphatic hydroxyl groups is 2. The third-order valence-corrected chi connectivity index (χ3v) is 2.58. The van der Waals surface area contributed by atoms with Gasteiger partial charge in [0.25, 0.3) is 0 Å². The molecule has 7 nitrogen and oxygen atoms in total. The summed E-state index contributed by atoms with van der Waals surface area (Å²) in [5.74, 6) is 0.928. The van der Waals surface area contributed by atoms with E-state index in [2.05, 4.69) is 15.1 Å². The van der Waals surface area contributed by atoms with E-state index < -0.39 is 0 Å². The zero-order valence-corrected chi connectivity index (χ0v) is 10.4. The van der Waals surface area contributed by atoms with Gasteiger partial charge in [-0.2, -0.15) is 4.98 Å². The molecule has 0 aliphatic heterocycles. The highest BCUT2D eigenvalue weighted by Crippen LogP contribution is 2.14. The molecule has 0 unspecified atom stereocenters. The molecule has 19 heavy (non-hydrogen) atoms. The van der Waals surface area contributed by atoms with E-state index in [0.29, 0.717) is 31.3 Å². The first-order valence-electron chi connectivity index (χ1n) is 6.00. The summed E-state index contributed by atoms with van der Waals surface area (Å²) >= 11 is 0. The van der Waals surface area contributed by atoms with Crippen LogP contribution in [0.15, 0.2) is 29.0 Å². The summed E-state index contributed by atoms with van der Waals surface area (Å²) in [6, 6.07) is 3.65. The number of nitrogens with zero attached hydrogens (tertiary/aromatic N) is 4. The van der Waals surface area contributed by atoms with Gasteiger partial charge in [0.1, 0.15) is 0 Å². The fourth-order valence-electron chi connectivity index (χ4n) is 1.68. The van der Waals surface area contributed by atoms with Gasteiger partial charge in [-0.05, 0) is 12.1 Å². The van der Waals surface area contributed by atoms with Crippen LogP contribution in [0.5, 0.6) is 0 Å². The van der Waals surface area contributed by atoms with Crippen molar-refractivity contribution in [1.29, 1.82) is 0 Å². The van der Waals surface area contributed by atoms with Crippen molar-refractivity contribution >= 4 is 0 Å². The SMILES string of the molecule is OCCN(CCO)Cc1nc(-c2cccnc2)no1. The number of aliphatic hydroxyl groups excluding tert-OH is 2. The molecule has 0 fully saturated rings. The topological polar surface area (TPSA) is 95.5 Å². The Bertz CT molecular complexity index is 483. The van der Waals surface area contributed by atoms with Gasteiger partial charge < -0.3 is 14.7 Å². The Labute approximate surface area is 110 Å². The molecule has 0 saturated heterocycles. The van der Waals surface area contributed by atoms with Gasteiger partial charge in [-0.1, -0.05) is 5.16 Å². The highest BCUT2D eigenvalue weighted by atomic mass is 16.5. The predicted octanol–water partition coefficient (Wildman–Crippen LogP) is -0.0818. The minimum Gasteiger partial charge on any atom is -0.395 e. The van der Waals surface area contributed by atoms with Crippen LogP contribution >= 0.6 is 0 Å². The lowest BCUT2D eigenvalue weighted by molar-refractivity contribution is 0.143. The van der Waals surface area contributed by atoms with Gasteiger partial charge in [-0.15, -0.1) is 0 Å². The molecule has 0 aliphatic carbocycles. The third-order valence-electron chi connectivity index (χ3n) is 2.58. The average Bonchev–Trinajstić information content (AvgIpc) is 2.89. The number of hydrogen-bond acceptors (Lipinski definition) is 7. The van der Waals surface area contributed by atoms with Gasteiger partial charge >= 0.3 is 0 Å². The maximum atomic E-state index is 8.93. The summed E-state index contributed by atoms with van der Waals surface area (Å²) in [6.07, 6.45) is 3.34. The van der Waals surface area contributed by atoms with Crippen molar-refractivity contribution in [2.45, 2.75) is 6.54 Å². The van der Waals surface area contributed by atoms with Crippen molar-refractivity contribution in [3.05, 3.63) is 30.4 Å². The zero-order chi connectivity index (χ0) is 13.5. The molecule has 102 valence electrons. The second-order valence-corrected chi connectivity index (χ2v) is 3.98. The molecule has 2 rings (SSSR count). The van der Waals surface area contributed by atoms with Crippen LogP contribution in [0.3, 0.4) is 0 Å². The standard InChI is InChI=1S/C12H16N4O3/c17-6-4-16(5-7-18)9-11-14-12(15-19-11)10-2-1-3-13-8-10/h1-3,8,17-18H,4-7,9H2. The Morgan fingerprint density at radius 2 is 2.00 bits per heavy atom. The largest absolute Gasteiger partial charge is 0.395 e. The summed E-state index contributed by atoms with van der Waals surface area (Å²) in [5.41, 5.74) is 0.786. The number of hydrogen-bond donors (Lipinski definition) is 2. The summed E-state index contributed by atoms with van der Waals surface area (Å²) in [4.78, 5) is 10.1. The normalized spacial score (nSPS) is 11.1. The molecule has 0 aliphatic rings. The van der Waals surface area contributed by atoms with Crippen LogP contribution < -0.4 is 0 Å². The molecular formula is C12H16N4O3. The van der Waals surface area contributed by atoms with E-state index in [1.165, 1.54) is 0 Å². The highest BCUT2D eigenvalue weighted by molar-refractivity contribution is 5.51. The molecule has 0 spiro atoms. The van der Waals surface area contributed by atoms with E-state index in [4.69, 9.17) is 14.7 Å². The molecule has 0 amide bonds. The Kier molecular flexibility index (Phi) is 4.96. The van der Waals surface area contributed by atoms with E-state index >= 15 is 0 Å². The van der Waals surface area contributed by atoms with Crippen LogP contribution in [0, 0.1) is 0 Å². The first kappa shape index (κ1) is 13.6. The molecule has 0 saturated carbocycles. The van der Waals surface area contributed by atoms with Crippen LogP contribution in [0.25, 0.3) is 11.4 Å². The third kappa shape index (κ3) is 3.82. The molecule has 0 bridgehead atoms. The molecule has 2 heterocycles. The summed E-state index contributed by atoms with van der Waals surface area (Å²) in [6.45, 7) is 1.33. The molecule has 2 aromatic heterocycles. The van der Waals surface area contributed by atoms with Gasteiger partial charge in [0.15, 0.2) is 0 Å². The highest BCUT2D eigenvalue weighted by Gasteiger charge is 2.12. The second-order valence-electron chi connectivity index (χ2n) is 3.98. The van der Waals surface area contributed by atoms with E-state index in [1.807, 2.05) is 11.0 Å². The van der Waals surface area contributed by atoms with Crippen molar-refractivity contribution in [2.75, 3.05) is 26.3 Å². The second kappa shape index (κ2) is 6.93. The van der Waals surface area contributed by atoms with E-state index in [0.717, 1.165) is 5.56 Å². The number of rotatable bonds is 7. The van der Waals surface area contributed by atoms with Crippen molar-refractivity contribution in [3.8, 4) is 11.4 Å². The fourth-order valence-corrected chi connectivity index (χ4v) is 1.68. The maximum Gasteiger partial charge on any atom is 0.241 e. The van der Waals surface area contributed by atoms with Crippen LogP contribution in [0.1, 0.15) is 5.89 Å². The van der Waals surface area contributed by atoms with Crippen LogP contribution in [0.2, 0.25) is 0 Å². The van der Waals surface area contributed by atoms with Crippen molar-refractivity contribution < 1.29 is 14.7 Å². The van der Waals surface area contributed by atoms with Gasteiger partial charge in [-0.3, -0.25) is 9.88 Å². The summed E-state index contributed by atoms with van der Waals surface area (Å²) in [5, 5.41) is 21.7. The first-order valence-corrected chi connectivity index (χ1v) is 6.00. The number of aromatic nitrogens is 3. The minimum atomic E-state index is 0.0175. The van der Waals surface area contributed by atoms with Crippen LogP contribution in [-0.2, 0) is 6.54 Å². The van der Waals surface area contributed by atoms with Gasteiger partial charge in [0, 0.05) is 31.0 Å². The lowest BCUT2D eigenvalue weighted by atomic mass is 10.3. The smallest absolute Gasteiger partial charge is 0.241 e. The Balaban J connectivity index is 2.04. The van der Waals surface area contributed by atoms with Gasteiger partial charge in [0.05, 0.1) is 19.8 Å². The van der Waals surface area contributed by atoms with Crippen molar-refractivity contribution in [2.24, 2.45) is 0 Å². The van der Waals surface area contributed by atoms with E-state index in [9.17, 15) is 0 Å². The van der Waals surface area contributed by atoms with Gasteiger partial charge in [-0.25, -0.2) is 0 Å². The number of pyridine rings is 1. The lowest BCUT2D eigenvalue weighted by Crippen LogP contribution is -2.29. The monoisotopic (exact) mass is 264 g/mol. The van der Waals surface area contributed by atoms with E-state index in [-0.39, 0.29) is 13.2 Å².